The standard InChI is InChI=1S/C31H23BrN2O5/c1-39-24-13-12-19(16-22(24)32)29(36)27-26-25(30(37)34(31(26)38)21-10-6-3-7-11-21)23-17-20(14-15-33(23)27)28(35)18-8-4-2-5-9-18/h2-17,23,25-27H,1H3/t23-,25+,26-,27+/m1/s1. The highest BCUT2D eigenvalue weighted by molar-refractivity contribution is 9.10. The highest BCUT2D eigenvalue weighted by atomic mass is 79.9. The molecule has 0 N–H and O–H groups in total. The van der Waals surface area contributed by atoms with Crippen LogP contribution in [-0.4, -0.2) is 47.5 Å². The van der Waals surface area contributed by atoms with Gasteiger partial charge in [-0.05, 0) is 52.3 Å². The van der Waals surface area contributed by atoms with Crippen LogP contribution in [0.4, 0.5) is 5.69 Å². The number of ether oxygens (including phenoxy) is 1. The summed E-state index contributed by atoms with van der Waals surface area (Å²) in [5.41, 5.74) is 1.78. The number of allylic oxidation sites excluding steroid dienone is 2. The molecule has 39 heavy (non-hydrogen) atoms. The average Bonchev–Trinajstić information content (AvgIpc) is 3.44. The lowest BCUT2D eigenvalue weighted by molar-refractivity contribution is -0.123. The van der Waals surface area contributed by atoms with Gasteiger partial charge in [-0.15, -0.1) is 0 Å². The van der Waals surface area contributed by atoms with E-state index in [1.807, 2.05) is 6.07 Å². The van der Waals surface area contributed by atoms with Crippen molar-refractivity contribution in [3.8, 4) is 5.75 Å². The maximum Gasteiger partial charge on any atom is 0.240 e. The maximum absolute atomic E-state index is 14.0. The lowest BCUT2D eigenvalue weighted by atomic mass is 9.85. The molecule has 0 aliphatic carbocycles. The van der Waals surface area contributed by atoms with Crippen LogP contribution >= 0.6 is 15.9 Å². The number of carbonyl (C=O) groups excluding carboxylic acids is 4. The molecule has 3 aromatic rings. The van der Waals surface area contributed by atoms with Gasteiger partial charge in [-0.25, -0.2) is 4.90 Å². The van der Waals surface area contributed by atoms with Gasteiger partial charge in [-0.1, -0.05) is 54.6 Å². The summed E-state index contributed by atoms with van der Waals surface area (Å²) >= 11 is 3.44. The maximum atomic E-state index is 14.0. The minimum Gasteiger partial charge on any atom is -0.496 e. The average molecular weight is 583 g/mol. The summed E-state index contributed by atoms with van der Waals surface area (Å²) in [6.07, 6.45) is 5.05. The molecule has 3 aromatic carbocycles. The van der Waals surface area contributed by atoms with E-state index in [1.165, 1.54) is 12.0 Å². The molecule has 0 bridgehead atoms. The van der Waals surface area contributed by atoms with Crippen LogP contribution in [-0.2, 0) is 9.59 Å². The molecule has 8 heteroatoms. The van der Waals surface area contributed by atoms with Crippen LogP contribution in [0.1, 0.15) is 20.7 Å². The zero-order valence-corrected chi connectivity index (χ0v) is 22.4. The van der Waals surface area contributed by atoms with Gasteiger partial charge in [0.2, 0.25) is 11.8 Å². The van der Waals surface area contributed by atoms with Crippen LogP contribution in [0, 0.1) is 11.8 Å². The number of hydrogen-bond acceptors (Lipinski definition) is 6. The number of para-hydroxylation sites is 1. The second kappa shape index (κ2) is 9.78. The lowest BCUT2D eigenvalue weighted by Gasteiger charge is -2.32. The summed E-state index contributed by atoms with van der Waals surface area (Å²) in [5.74, 6) is -2.44. The van der Waals surface area contributed by atoms with Gasteiger partial charge in [0.05, 0.1) is 35.1 Å². The number of benzene rings is 3. The van der Waals surface area contributed by atoms with Gasteiger partial charge in [0.25, 0.3) is 0 Å². The van der Waals surface area contributed by atoms with E-state index in [1.54, 1.807) is 96.0 Å². The fourth-order valence-corrected chi connectivity index (χ4v) is 6.32. The number of hydrogen-bond donors (Lipinski definition) is 0. The van der Waals surface area contributed by atoms with Crippen molar-refractivity contribution in [3.05, 3.63) is 118 Å². The SMILES string of the molecule is COc1ccc(C(=O)[C@@H]2[C@@H]3C(=O)N(c4ccccc4)C(=O)[C@H]3[C@H]3C=C(C(=O)c4ccccc4)C=CN32)cc1Br. The van der Waals surface area contributed by atoms with Gasteiger partial charge in [0, 0.05) is 22.9 Å². The molecule has 2 fully saturated rings. The van der Waals surface area contributed by atoms with Crippen molar-refractivity contribution >= 4 is 45.0 Å². The Balaban J connectivity index is 1.43. The fourth-order valence-electron chi connectivity index (χ4n) is 5.78. The van der Waals surface area contributed by atoms with Gasteiger partial charge < -0.3 is 9.64 Å². The van der Waals surface area contributed by atoms with Crippen molar-refractivity contribution in [2.75, 3.05) is 12.0 Å². The summed E-state index contributed by atoms with van der Waals surface area (Å²) in [4.78, 5) is 57.9. The Morgan fingerprint density at radius 2 is 1.51 bits per heavy atom. The van der Waals surface area contributed by atoms with Crippen molar-refractivity contribution in [2.45, 2.75) is 12.1 Å². The first-order valence-electron chi connectivity index (χ1n) is 12.5. The van der Waals surface area contributed by atoms with E-state index < -0.39 is 29.8 Å². The number of anilines is 1. The number of nitrogens with zero attached hydrogens (tertiary/aromatic N) is 2. The molecule has 3 aliphatic heterocycles. The molecule has 7 nitrogen and oxygen atoms in total. The molecule has 3 heterocycles. The summed E-state index contributed by atoms with van der Waals surface area (Å²) in [6, 6.07) is 21.0. The topological polar surface area (TPSA) is 84.0 Å². The van der Waals surface area contributed by atoms with E-state index in [4.69, 9.17) is 4.74 Å². The Bertz CT molecular complexity index is 1570. The molecule has 6 rings (SSSR count). The van der Waals surface area contributed by atoms with E-state index >= 15 is 0 Å². The summed E-state index contributed by atoms with van der Waals surface area (Å²) < 4.78 is 5.90. The van der Waals surface area contributed by atoms with Gasteiger partial charge in [0.1, 0.15) is 11.8 Å². The van der Waals surface area contributed by atoms with Gasteiger partial charge in [0.15, 0.2) is 11.6 Å². The van der Waals surface area contributed by atoms with Gasteiger partial charge in [-0.2, -0.15) is 0 Å². The Kier molecular flexibility index (Phi) is 6.27. The Morgan fingerprint density at radius 3 is 2.18 bits per heavy atom. The van der Waals surface area contributed by atoms with Crippen LogP contribution in [0.5, 0.6) is 5.75 Å². The number of amides is 2. The third-order valence-electron chi connectivity index (χ3n) is 7.57. The second-order valence-electron chi connectivity index (χ2n) is 9.63. The predicted molar refractivity (Wildman–Crippen MR) is 148 cm³/mol. The van der Waals surface area contributed by atoms with Crippen LogP contribution in [0.2, 0.25) is 0 Å². The number of methoxy groups -OCH3 is 1. The van der Waals surface area contributed by atoms with E-state index in [2.05, 4.69) is 15.9 Å². The highest BCUT2D eigenvalue weighted by Gasteiger charge is 2.63. The molecular weight excluding hydrogens is 560 g/mol. The van der Waals surface area contributed by atoms with Crippen molar-refractivity contribution in [2.24, 2.45) is 11.8 Å². The summed E-state index contributed by atoms with van der Waals surface area (Å²) in [6.45, 7) is 0. The van der Waals surface area contributed by atoms with Crippen molar-refractivity contribution in [3.63, 3.8) is 0 Å². The Morgan fingerprint density at radius 1 is 0.846 bits per heavy atom. The van der Waals surface area contributed by atoms with Crippen LogP contribution in [0.25, 0.3) is 0 Å². The molecule has 3 aliphatic rings. The van der Waals surface area contributed by atoms with Crippen molar-refractivity contribution in [1.82, 2.24) is 4.90 Å². The van der Waals surface area contributed by atoms with E-state index in [0.29, 0.717) is 32.6 Å². The lowest BCUT2D eigenvalue weighted by Crippen LogP contribution is -2.46. The molecular formula is C31H23BrN2O5. The van der Waals surface area contributed by atoms with Crippen LogP contribution < -0.4 is 9.64 Å². The molecule has 0 saturated carbocycles. The van der Waals surface area contributed by atoms with Crippen molar-refractivity contribution in [1.29, 1.82) is 0 Å². The molecule has 0 spiro atoms. The molecule has 0 radical (unpaired) electrons. The molecule has 4 atom stereocenters. The van der Waals surface area contributed by atoms with Crippen LogP contribution in [0.15, 0.2) is 107 Å². The normalized spacial score (nSPS) is 23.4. The van der Waals surface area contributed by atoms with Crippen LogP contribution in [0.3, 0.4) is 0 Å². The number of imide groups is 1. The number of carbonyl (C=O) groups is 4. The number of halogens is 1. The highest BCUT2D eigenvalue weighted by Crippen LogP contribution is 2.47. The summed E-state index contributed by atoms with van der Waals surface area (Å²) in [5, 5.41) is 0. The molecule has 2 saturated heterocycles. The Hall–Kier alpha value is -4.30. The quantitative estimate of drug-likeness (QED) is 0.305. The third-order valence-corrected chi connectivity index (χ3v) is 8.19. The fraction of sp³-hybridized carbons (Fsp3) is 0.161. The van der Waals surface area contributed by atoms with E-state index in [0.717, 1.165) is 0 Å². The number of ketones is 2. The number of Topliss-reactive ketones (excluding diaryl/α,β-unsaturated/α-hetero) is 2. The molecule has 0 aromatic heterocycles. The molecule has 194 valence electrons. The zero-order valence-electron chi connectivity index (χ0n) is 20.9. The smallest absolute Gasteiger partial charge is 0.240 e. The Labute approximate surface area is 233 Å². The van der Waals surface area contributed by atoms with Crippen molar-refractivity contribution < 1.29 is 23.9 Å². The first-order valence-corrected chi connectivity index (χ1v) is 13.3. The monoisotopic (exact) mass is 582 g/mol. The second-order valence-corrected chi connectivity index (χ2v) is 10.5. The number of rotatable bonds is 6. The minimum absolute atomic E-state index is 0.186. The van der Waals surface area contributed by atoms with Gasteiger partial charge >= 0.3 is 0 Å². The van der Waals surface area contributed by atoms with Gasteiger partial charge in [-0.3, -0.25) is 19.2 Å². The predicted octanol–water partition coefficient (Wildman–Crippen LogP) is 4.84. The zero-order chi connectivity index (χ0) is 27.3. The van der Waals surface area contributed by atoms with E-state index in [9.17, 15) is 19.2 Å². The van der Waals surface area contributed by atoms with E-state index in [-0.39, 0.29) is 17.5 Å². The molecule has 2 amide bonds. The first kappa shape index (κ1) is 25.0. The summed E-state index contributed by atoms with van der Waals surface area (Å²) in [7, 11) is 1.54. The number of fused-ring (bicyclic) bond motifs is 3. The largest absolute Gasteiger partial charge is 0.496 e. The third kappa shape index (κ3) is 4.03. The minimum atomic E-state index is -0.925. The molecule has 0 unspecified atom stereocenters. The first-order chi connectivity index (χ1) is 18.9.